The molecule has 1 aliphatic carbocycles. The van der Waals surface area contributed by atoms with Crippen LogP contribution in [0.5, 0.6) is 0 Å². The predicted octanol–water partition coefficient (Wildman–Crippen LogP) is 2.24. The van der Waals surface area contributed by atoms with Gasteiger partial charge in [0.15, 0.2) is 0 Å². The summed E-state index contributed by atoms with van der Waals surface area (Å²) in [6, 6.07) is 0.484. The first-order valence-corrected chi connectivity index (χ1v) is 6.73. The Morgan fingerprint density at radius 2 is 1.73 bits per heavy atom. The van der Waals surface area contributed by atoms with Crippen molar-refractivity contribution in [3.63, 3.8) is 0 Å². The van der Waals surface area contributed by atoms with Gasteiger partial charge in [0.2, 0.25) is 0 Å². The van der Waals surface area contributed by atoms with Crippen LogP contribution >= 0.6 is 0 Å². The molecule has 1 heterocycles. The summed E-state index contributed by atoms with van der Waals surface area (Å²) in [6.45, 7) is 6.27. The first-order chi connectivity index (χ1) is 7.25. The van der Waals surface area contributed by atoms with E-state index in [1.54, 1.807) is 0 Å². The van der Waals surface area contributed by atoms with E-state index in [2.05, 4.69) is 11.8 Å². The molecule has 2 atom stereocenters. The number of piperidine rings is 1. The number of hydrogen-bond donors (Lipinski definition) is 1. The Balaban J connectivity index is 1.75. The van der Waals surface area contributed by atoms with Gasteiger partial charge < -0.3 is 10.6 Å². The van der Waals surface area contributed by atoms with Crippen LogP contribution in [0.3, 0.4) is 0 Å². The SMILES string of the molecule is CC1CCN(C[C@H]2CCCC[C@@H]2N)CC1. The topological polar surface area (TPSA) is 29.3 Å². The Morgan fingerprint density at radius 1 is 1.07 bits per heavy atom. The van der Waals surface area contributed by atoms with E-state index < -0.39 is 0 Å². The molecule has 2 aliphatic rings. The molecule has 1 saturated carbocycles. The van der Waals surface area contributed by atoms with E-state index in [1.807, 2.05) is 0 Å². The second kappa shape index (κ2) is 5.31. The second-order valence-corrected chi connectivity index (χ2v) is 5.69. The summed E-state index contributed by atoms with van der Waals surface area (Å²) in [5.41, 5.74) is 6.20. The quantitative estimate of drug-likeness (QED) is 0.757. The van der Waals surface area contributed by atoms with Gasteiger partial charge in [-0.25, -0.2) is 0 Å². The lowest BCUT2D eigenvalue weighted by Crippen LogP contribution is -2.43. The van der Waals surface area contributed by atoms with E-state index in [-0.39, 0.29) is 0 Å². The van der Waals surface area contributed by atoms with Gasteiger partial charge in [0, 0.05) is 12.6 Å². The number of nitrogens with zero attached hydrogens (tertiary/aromatic N) is 1. The highest BCUT2D eigenvalue weighted by molar-refractivity contribution is 4.82. The standard InChI is InChI=1S/C13H26N2/c1-11-6-8-15(9-7-11)10-12-4-2-3-5-13(12)14/h11-13H,2-10,14H2,1H3/t12-,13+/m1/s1. The van der Waals surface area contributed by atoms with E-state index in [9.17, 15) is 0 Å². The minimum Gasteiger partial charge on any atom is -0.327 e. The van der Waals surface area contributed by atoms with Crippen LogP contribution in [0.2, 0.25) is 0 Å². The van der Waals surface area contributed by atoms with Gasteiger partial charge in [-0.05, 0) is 50.6 Å². The van der Waals surface area contributed by atoms with Crippen molar-refractivity contribution in [2.75, 3.05) is 19.6 Å². The fourth-order valence-electron chi connectivity index (χ4n) is 3.04. The molecule has 2 rings (SSSR count). The van der Waals surface area contributed by atoms with E-state index in [0.717, 1.165) is 11.8 Å². The van der Waals surface area contributed by atoms with Crippen LogP contribution in [0.1, 0.15) is 45.4 Å². The lowest BCUT2D eigenvalue weighted by molar-refractivity contribution is 0.141. The molecule has 2 N–H and O–H groups in total. The van der Waals surface area contributed by atoms with Crippen LogP contribution in [0.4, 0.5) is 0 Å². The maximum Gasteiger partial charge on any atom is 0.00793 e. The van der Waals surface area contributed by atoms with Gasteiger partial charge in [-0.2, -0.15) is 0 Å². The Kier molecular flexibility index (Phi) is 4.04. The Morgan fingerprint density at radius 3 is 2.40 bits per heavy atom. The molecule has 15 heavy (non-hydrogen) atoms. The van der Waals surface area contributed by atoms with Crippen molar-refractivity contribution in [3.05, 3.63) is 0 Å². The van der Waals surface area contributed by atoms with Crippen LogP contribution in [0, 0.1) is 11.8 Å². The molecule has 0 radical (unpaired) electrons. The average Bonchev–Trinajstić information content (AvgIpc) is 2.25. The molecule has 1 aliphatic heterocycles. The molecule has 2 nitrogen and oxygen atoms in total. The van der Waals surface area contributed by atoms with Gasteiger partial charge in [0.25, 0.3) is 0 Å². The highest BCUT2D eigenvalue weighted by atomic mass is 15.1. The van der Waals surface area contributed by atoms with Crippen LogP contribution in [-0.4, -0.2) is 30.6 Å². The van der Waals surface area contributed by atoms with Gasteiger partial charge >= 0.3 is 0 Å². The number of likely N-dealkylation sites (tertiary alicyclic amines) is 1. The van der Waals surface area contributed by atoms with Crippen LogP contribution in [-0.2, 0) is 0 Å². The van der Waals surface area contributed by atoms with Gasteiger partial charge in [-0.1, -0.05) is 19.8 Å². The summed E-state index contributed by atoms with van der Waals surface area (Å²) in [6.07, 6.45) is 8.17. The molecule has 0 aromatic heterocycles. The third-order valence-corrected chi connectivity index (χ3v) is 4.34. The lowest BCUT2D eigenvalue weighted by Gasteiger charge is -2.36. The minimum atomic E-state index is 0.484. The highest BCUT2D eigenvalue weighted by Crippen LogP contribution is 2.25. The summed E-state index contributed by atoms with van der Waals surface area (Å²) >= 11 is 0. The monoisotopic (exact) mass is 210 g/mol. The number of nitrogens with two attached hydrogens (primary N) is 1. The van der Waals surface area contributed by atoms with Crippen molar-refractivity contribution in [3.8, 4) is 0 Å². The van der Waals surface area contributed by atoms with E-state index in [1.165, 1.54) is 58.2 Å². The number of hydrogen-bond acceptors (Lipinski definition) is 2. The van der Waals surface area contributed by atoms with Crippen molar-refractivity contribution in [2.24, 2.45) is 17.6 Å². The highest BCUT2D eigenvalue weighted by Gasteiger charge is 2.25. The van der Waals surface area contributed by atoms with Crippen LogP contribution in [0.25, 0.3) is 0 Å². The van der Waals surface area contributed by atoms with Crippen molar-refractivity contribution in [1.82, 2.24) is 4.90 Å². The van der Waals surface area contributed by atoms with Crippen LogP contribution < -0.4 is 5.73 Å². The minimum absolute atomic E-state index is 0.484. The molecule has 2 fully saturated rings. The zero-order valence-electron chi connectivity index (χ0n) is 10.1. The smallest absolute Gasteiger partial charge is 0.00793 e. The average molecular weight is 210 g/mol. The lowest BCUT2D eigenvalue weighted by atomic mass is 9.84. The first-order valence-electron chi connectivity index (χ1n) is 6.73. The normalized spacial score (nSPS) is 35.6. The first kappa shape index (κ1) is 11.4. The molecule has 88 valence electrons. The Bertz CT molecular complexity index is 185. The third kappa shape index (κ3) is 3.18. The molecule has 1 saturated heterocycles. The summed E-state index contributed by atoms with van der Waals surface area (Å²) in [5, 5.41) is 0. The molecule has 0 unspecified atom stereocenters. The molecule has 0 aromatic rings. The van der Waals surface area contributed by atoms with E-state index in [0.29, 0.717) is 6.04 Å². The van der Waals surface area contributed by atoms with Gasteiger partial charge in [0.1, 0.15) is 0 Å². The fourth-order valence-corrected chi connectivity index (χ4v) is 3.04. The van der Waals surface area contributed by atoms with Gasteiger partial charge in [-0.15, -0.1) is 0 Å². The van der Waals surface area contributed by atoms with Crippen molar-refractivity contribution >= 4 is 0 Å². The summed E-state index contributed by atoms with van der Waals surface area (Å²) < 4.78 is 0. The van der Waals surface area contributed by atoms with Gasteiger partial charge in [-0.3, -0.25) is 0 Å². The van der Waals surface area contributed by atoms with Crippen molar-refractivity contribution in [1.29, 1.82) is 0 Å². The Labute approximate surface area is 94.2 Å². The fraction of sp³-hybridized carbons (Fsp3) is 1.00. The number of rotatable bonds is 2. The van der Waals surface area contributed by atoms with Crippen molar-refractivity contribution < 1.29 is 0 Å². The maximum atomic E-state index is 6.20. The zero-order valence-corrected chi connectivity index (χ0v) is 10.1. The summed E-state index contributed by atoms with van der Waals surface area (Å²) in [5.74, 6) is 1.73. The zero-order chi connectivity index (χ0) is 10.7. The molecular weight excluding hydrogens is 184 g/mol. The molecule has 2 heteroatoms. The van der Waals surface area contributed by atoms with E-state index in [4.69, 9.17) is 5.73 Å². The van der Waals surface area contributed by atoms with Gasteiger partial charge in [0.05, 0.1) is 0 Å². The third-order valence-electron chi connectivity index (χ3n) is 4.34. The summed E-state index contributed by atoms with van der Waals surface area (Å²) in [7, 11) is 0. The molecule has 0 spiro atoms. The molecular formula is C13H26N2. The molecule has 0 aromatic carbocycles. The molecule has 0 amide bonds. The second-order valence-electron chi connectivity index (χ2n) is 5.69. The van der Waals surface area contributed by atoms with E-state index >= 15 is 0 Å². The van der Waals surface area contributed by atoms with Crippen molar-refractivity contribution in [2.45, 2.75) is 51.5 Å². The predicted molar refractivity (Wildman–Crippen MR) is 64.8 cm³/mol. The largest absolute Gasteiger partial charge is 0.327 e. The van der Waals surface area contributed by atoms with Crippen LogP contribution in [0.15, 0.2) is 0 Å². The summed E-state index contributed by atoms with van der Waals surface area (Å²) in [4.78, 5) is 2.65. The molecule has 0 bridgehead atoms. The Hall–Kier alpha value is -0.0800. The maximum absolute atomic E-state index is 6.20.